The number of benzene rings is 1. The lowest BCUT2D eigenvalue weighted by Crippen LogP contribution is -2.47. The van der Waals surface area contributed by atoms with Crippen LogP contribution in [0.25, 0.3) is 0 Å². The van der Waals surface area contributed by atoms with Gasteiger partial charge in [-0.2, -0.15) is 15.8 Å². The van der Waals surface area contributed by atoms with Gasteiger partial charge in [0.25, 0.3) is 0 Å². The summed E-state index contributed by atoms with van der Waals surface area (Å²) in [6, 6.07) is 9.92. The number of ether oxygens (including phenoxy) is 3. The summed E-state index contributed by atoms with van der Waals surface area (Å²) in [6.07, 6.45) is 1.95. The van der Waals surface area contributed by atoms with E-state index in [0.29, 0.717) is 35.9 Å². The van der Waals surface area contributed by atoms with Gasteiger partial charge in [0.05, 0.1) is 30.5 Å². The molecule has 0 amide bonds. The van der Waals surface area contributed by atoms with Crippen LogP contribution in [0.1, 0.15) is 11.5 Å². The molecule has 3 aliphatic rings. The van der Waals surface area contributed by atoms with Crippen LogP contribution in [-0.4, -0.2) is 38.9 Å². The second kappa shape index (κ2) is 6.74. The first-order valence-corrected chi connectivity index (χ1v) is 9.10. The number of methoxy groups -OCH3 is 1. The Hall–Kier alpha value is -3.67. The Morgan fingerprint density at radius 2 is 2.00 bits per heavy atom. The van der Waals surface area contributed by atoms with Crippen LogP contribution in [-0.2, 0) is 0 Å². The van der Waals surface area contributed by atoms with E-state index < -0.39 is 11.3 Å². The highest BCUT2D eigenvalue weighted by Crippen LogP contribution is 2.56. The Morgan fingerprint density at radius 3 is 2.66 bits per heavy atom. The van der Waals surface area contributed by atoms with Crippen molar-refractivity contribution in [3.63, 3.8) is 0 Å². The van der Waals surface area contributed by atoms with Crippen LogP contribution >= 0.6 is 0 Å². The number of nitriles is 3. The second-order valence-corrected chi connectivity index (χ2v) is 7.35. The van der Waals surface area contributed by atoms with E-state index in [9.17, 15) is 15.8 Å². The van der Waals surface area contributed by atoms with Crippen LogP contribution in [0.4, 0.5) is 0 Å². The van der Waals surface area contributed by atoms with Gasteiger partial charge in [0.15, 0.2) is 16.9 Å². The van der Waals surface area contributed by atoms with Crippen LogP contribution in [0.2, 0.25) is 0 Å². The van der Waals surface area contributed by atoms with Gasteiger partial charge in [-0.1, -0.05) is 6.08 Å². The number of nitrogens with zero attached hydrogens (tertiary/aromatic N) is 4. The number of hydrogen-bond acceptors (Lipinski definition) is 8. The molecule has 0 saturated heterocycles. The maximum Gasteiger partial charge on any atom is 0.231 e. The Bertz CT molecular complexity index is 1060. The summed E-state index contributed by atoms with van der Waals surface area (Å²) in [4.78, 5) is 2.08. The van der Waals surface area contributed by atoms with E-state index in [1.54, 1.807) is 12.1 Å². The fourth-order valence-corrected chi connectivity index (χ4v) is 4.53. The second-order valence-electron chi connectivity index (χ2n) is 7.35. The maximum absolute atomic E-state index is 10.1. The molecule has 0 saturated carbocycles. The third kappa shape index (κ3) is 2.52. The molecular weight excluding hydrogens is 370 g/mol. The van der Waals surface area contributed by atoms with Crippen molar-refractivity contribution in [2.45, 2.75) is 5.92 Å². The standard InChI is InChI=1S/C21H19N5O3/c1-26-4-3-13-14(7-22)20(25)21(9-23,10-24)18(15(13)8-26)12-5-16(27-2)19-17(6-12)28-11-29-19/h3,5-6,15,18H,4,8,11,25H2,1-2H3/t15-,18-/m1/s1. The van der Waals surface area contributed by atoms with Gasteiger partial charge < -0.3 is 24.8 Å². The van der Waals surface area contributed by atoms with Crippen molar-refractivity contribution in [1.29, 1.82) is 15.8 Å². The first kappa shape index (κ1) is 18.7. The first-order chi connectivity index (χ1) is 14.0. The average molecular weight is 389 g/mol. The van der Waals surface area contributed by atoms with Crippen LogP contribution in [0.15, 0.2) is 35.1 Å². The lowest BCUT2D eigenvalue weighted by Gasteiger charge is -2.45. The number of fused-ring (bicyclic) bond motifs is 2. The Kier molecular flexibility index (Phi) is 4.34. The summed E-state index contributed by atoms with van der Waals surface area (Å²) < 4.78 is 16.5. The Morgan fingerprint density at radius 1 is 1.24 bits per heavy atom. The van der Waals surface area contributed by atoms with Crippen molar-refractivity contribution >= 4 is 0 Å². The number of nitrogens with two attached hydrogens (primary N) is 1. The summed E-state index contributed by atoms with van der Waals surface area (Å²) >= 11 is 0. The highest BCUT2D eigenvalue weighted by Gasteiger charge is 2.54. The van der Waals surface area contributed by atoms with E-state index in [1.165, 1.54) is 7.11 Å². The molecule has 0 unspecified atom stereocenters. The van der Waals surface area contributed by atoms with Crippen LogP contribution in [0.3, 0.4) is 0 Å². The van der Waals surface area contributed by atoms with Crippen LogP contribution in [0.5, 0.6) is 17.2 Å². The number of hydrogen-bond donors (Lipinski definition) is 1. The average Bonchev–Trinajstić information content (AvgIpc) is 3.21. The summed E-state index contributed by atoms with van der Waals surface area (Å²) in [5.41, 5.74) is 6.32. The van der Waals surface area contributed by atoms with Gasteiger partial charge >= 0.3 is 0 Å². The topological polar surface area (TPSA) is 128 Å². The minimum atomic E-state index is -1.69. The predicted octanol–water partition coefficient (Wildman–Crippen LogP) is 1.78. The SMILES string of the molecule is COc1cc([C@@H]2[C@@H]3CN(C)CC=C3C(C#N)=C(N)C2(C#N)C#N)cc2c1OCO2. The molecule has 8 heteroatoms. The molecule has 0 bridgehead atoms. The third-order valence-corrected chi connectivity index (χ3v) is 5.89. The van der Waals surface area contributed by atoms with Crippen LogP contribution < -0.4 is 19.9 Å². The molecule has 2 heterocycles. The van der Waals surface area contributed by atoms with E-state index in [0.717, 1.165) is 5.57 Å². The van der Waals surface area contributed by atoms with E-state index >= 15 is 0 Å². The highest BCUT2D eigenvalue weighted by molar-refractivity contribution is 5.62. The molecule has 1 aliphatic carbocycles. The highest BCUT2D eigenvalue weighted by atomic mass is 16.7. The summed E-state index contributed by atoms with van der Waals surface area (Å²) in [5.74, 6) is 0.576. The molecule has 8 nitrogen and oxygen atoms in total. The minimum Gasteiger partial charge on any atom is -0.493 e. The summed E-state index contributed by atoms with van der Waals surface area (Å²) in [5, 5.41) is 30.0. The molecule has 4 rings (SSSR count). The van der Waals surface area contributed by atoms with E-state index in [-0.39, 0.29) is 24.0 Å². The Labute approximate surface area is 168 Å². The lowest BCUT2D eigenvalue weighted by molar-refractivity contribution is 0.171. The molecule has 0 radical (unpaired) electrons. The minimum absolute atomic E-state index is 0.00122. The Balaban J connectivity index is 2.01. The monoisotopic (exact) mass is 389 g/mol. The molecule has 1 aromatic carbocycles. The lowest BCUT2D eigenvalue weighted by atomic mass is 9.58. The number of likely N-dealkylation sites (N-methyl/N-ethyl adjacent to an activating group) is 1. The molecule has 0 spiro atoms. The fourth-order valence-electron chi connectivity index (χ4n) is 4.53. The van der Waals surface area contributed by atoms with Gasteiger partial charge in [-0.3, -0.25) is 0 Å². The van der Waals surface area contributed by atoms with Gasteiger partial charge in [-0.05, 0) is 30.3 Å². The van der Waals surface area contributed by atoms with Crippen molar-refractivity contribution in [3.05, 3.63) is 40.6 Å². The van der Waals surface area contributed by atoms with Gasteiger partial charge in [0, 0.05) is 24.9 Å². The molecule has 0 aromatic heterocycles. The predicted molar refractivity (Wildman–Crippen MR) is 101 cm³/mol. The maximum atomic E-state index is 10.1. The van der Waals surface area contributed by atoms with E-state index in [4.69, 9.17) is 19.9 Å². The van der Waals surface area contributed by atoms with Gasteiger partial charge in [-0.25, -0.2) is 0 Å². The van der Waals surface area contributed by atoms with E-state index in [1.807, 2.05) is 13.1 Å². The molecule has 0 fully saturated rings. The first-order valence-electron chi connectivity index (χ1n) is 9.10. The quantitative estimate of drug-likeness (QED) is 0.810. The zero-order valence-electron chi connectivity index (χ0n) is 16.1. The smallest absolute Gasteiger partial charge is 0.231 e. The van der Waals surface area contributed by atoms with Crippen molar-refractivity contribution in [1.82, 2.24) is 4.90 Å². The molecule has 1 aromatic rings. The normalized spacial score (nSPS) is 24.6. The zero-order chi connectivity index (χ0) is 20.8. The van der Waals surface area contributed by atoms with Gasteiger partial charge in [0.1, 0.15) is 6.07 Å². The largest absolute Gasteiger partial charge is 0.493 e. The van der Waals surface area contributed by atoms with Gasteiger partial charge in [-0.15, -0.1) is 0 Å². The van der Waals surface area contributed by atoms with E-state index in [2.05, 4.69) is 23.1 Å². The van der Waals surface area contributed by atoms with Crippen LogP contribution in [0, 0.1) is 45.3 Å². The summed E-state index contributed by atoms with van der Waals surface area (Å²) in [7, 11) is 3.48. The molecule has 2 aliphatic heterocycles. The zero-order valence-corrected chi connectivity index (χ0v) is 16.1. The van der Waals surface area contributed by atoms with Gasteiger partial charge in [0.2, 0.25) is 12.5 Å². The number of rotatable bonds is 2. The molecule has 146 valence electrons. The molecule has 29 heavy (non-hydrogen) atoms. The van der Waals surface area contributed by atoms with Crippen molar-refractivity contribution in [2.24, 2.45) is 17.1 Å². The van der Waals surface area contributed by atoms with Crippen molar-refractivity contribution < 1.29 is 14.2 Å². The fraction of sp³-hybridized carbons (Fsp3) is 0.381. The number of allylic oxidation sites excluding steroid dienone is 2. The molecule has 2 atom stereocenters. The van der Waals surface area contributed by atoms with Crippen molar-refractivity contribution in [2.75, 3.05) is 34.0 Å². The molecular formula is C21H19N5O3. The van der Waals surface area contributed by atoms with Crippen molar-refractivity contribution in [3.8, 4) is 35.5 Å². The summed E-state index contributed by atoms with van der Waals surface area (Å²) in [6.45, 7) is 1.31. The molecule has 2 N–H and O–H groups in total. The third-order valence-electron chi connectivity index (χ3n) is 5.89.